The van der Waals surface area contributed by atoms with Gasteiger partial charge in [-0.3, -0.25) is 9.78 Å². The Kier molecular flexibility index (Phi) is 3.91. The van der Waals surface area contributed by atoms with E-state index in [0.29, 0.717) is 19.0 Å². The smallest absolute Gasteiger partial charge is 0.253 e. The fourth-order valence-electron chi connectivity index (χ4n) is 3.30. The minimum atomic E-state index is -1.00. The third-order valence-electron chi connectivity index (χ3n) is 4.67. The predicted octanol–water partition coefficient (Wildman–Crippen LogP) is 3.26. The van der Waals surface area contributed by atoms with Gasteiger partial charge in [0.2, 0.25) is 0 Å². The Hall–Kier alpha value is -2.83. The van der Waals surface area contributed by atoms with Crippen LogP contribution in [0.2, 0.25) is 0 Å². The minimum absolute atomic E-state index is 0.177. The van der Waals surface area contributed by atoms with E-state index in [9.17, 15) is 13.6 Å². The number of aromatic amines is 1. The molecule has 5 nitrogen and oxygen atoms in total. The molecule has 0 saturated carbocycles. The van der Waals surface area contributed by atoms with Crippen LogP contribution in [0, 0.1) is 11.6 Å². The van der Waals surface area contributed by atoms with Crippen LogP contribution in [0.5, 0.6) is 0 Å². The number of rotatable bonds is 2. The van der Waals surface area contributed by atoms with Gasteiger partial charge in [-0.1, -0.05) is 0 Å². The second kappa shape index (κ2) is 6.23. The quantitative estimate of drug-likeness (QED) is 0.778. The summed E-state index contributed by atoms with van der Waals surface area (Å²) in [5.74, 6) is -1.92. The number of piperidine rings is 1. The van der Waals surface area contributed by atoms with Gasteiger partial charge in [0, 0.05) is 42.7 Å². The number of aromatic nitrogens is 3. The lowest BCUT2D eigenvalue weighted by molar-refractivity contribution is 0.0711. The largest absolute Gasteiger partial charge is 0.342 e. The normalized spacial score (nSPS) is 15.7. The minimum Gasteiger partial charge on any atom is -0.342 e. The van der Waals surface area contributed by atoms with Crippen LogP contribution in [0.15, 0.2) is 36.7 Å². The molecule has 128 valence electrons. The summed E-state index contributed by atoms with van der Waals surface area (Å²) in [5, 5.41) is 0. The highest BCUT2D eigenvalue weighted by Gasteiger charge is 2.26. The standard InChI is InChI=1S/C18H16F2N4O/c19-13-2-1-12(9-14(13)20)18(25)24-7-3-11(4-8-24)15-10-16-17(23-15)22-6-5-21-16/h1-2,5-6,9-11H,3-4,7-8H2,(H,22,23). The lowest BCUT2D eigenvalue weighted by Gasteiger charge is -2.31. The second-order valence-corrected chi connectivity index (χ2v) is 6.21. The van der Waals surface area contributed by atoms with E-state index in [-0.39, 0.29) is 11.5 Å². The maximum Gasteiger partial charge on any atom is 0.253 e. The van der Waals surface area contributed by atoms with Gasteiger partial charge in [0.1, 0.15) is 5.52 Å². The molecule has 1 fully saturated rings. The Balaban J connectivity index is 1.45. The topological polar surface area (TPSA) is 61.9 Å². The van der Waals surface area contributed by atoms with Crippen molar-refractivity contribution >= 4 is 17.1 Å². The first kappa shape index (κ1) is 15.7. The molecule has 1 aromatic carbocycles. The monoisotopic (exact) mass is 342 g/mol. The Bertz CT molecular complexity index is 899. The van der Waals surface area contributed by atoms with Crippen LogP contribution < -0.4 is 0 Å². The van der Waals surface area contributed by atoms with E-state index < -0.39 is 11.6 Å². The number of hydrogen-bond acceptors (Lipinski definition) is 3. The number of amides is 1. The van der Waals surface area contributed by atoms with Gasteiger partial charge in [-0.15, -0.1) is 0 Å². The number of fused-ring (bicyclic) bond motifs is 1. The zero-order valence-electron chi connectivity index (χ0n) is 13.4. The zero-order chi connectivity index (χ0) is 17.4. The Labute approximate surface area is 142 Å². The summed E-state index contributed by atoms with van der Waals surface area (Å²) < 4.78 is 26.3. The molecule has 25 heavy (non-hydrogen) atoms. The van der Waals surface area contributed by atoms with Crippen molar-refractivity contribution in [1.82, 2.24) is 19.9 Å². The predicted molar refractivity (Wildman–Crippen MR) is 88.1 cm³/mol. The molecule has 1 saturated heterocycles. The van der Waals surface area contributed by atoms with Gasteiger partial charge in [0.15, 0.2) is 17.3 Å². The summed E-state index contributed by atoms with van der Waals surface area (Å²) in [6.45, 7) is 1.14. The number of carbonyl (C=O) groups excluding carboxylic acids is 1. The summed E-state index contributed by atoms with van der Waals surface area (Å²) in [7, 11) is 0. The molecule has 0 aliphatic carbocycles. The number of hydrogen-bond donors (Lipinski definition) is 1. The molecule has 0 atom stereocenters. The van der Waals surface area contributed by atoms with Gasteiger partial charge in [-0.2, -0.15) is 0 Å². The molecule has 3 aromatic rings. The summed E-state index contributed by atoms with van der Waals surface area (Å²) in [6, 6.07) is 5.26. The van der Waals surface area contributed by atoms with E-state index >= 15 is 0 Å². The molecular weight excluding hydrogens is 326 g/mol. The van der Waals surface area contributed by atoms with Crippen LogP contribution in [0.1, 0.15) is 34.8 Å². The Morgan fingerprint density at radius 2 is 1.84 bits per heavy atom. The van der Waals surface area contributed by atoms with E-state index in [2.05, 4.69) is 15.0 Å². The average molecular weight is 342 g/mol. The van der Waals surface area contributed by atoms with Crippen molar-refractivity contribution in [2.75, 3.05) is 13.1 Å². The number of nitrogens with one attached hydrogen (secondary N) is 1. The molecule has 0 unspecified atom stereocenters. The number of H-pyrrole nitrogens is 1. The van der Waals surface area contributed by atoms with Crippen molar-refractivity contribution in [3.63, 3.8) is 0 Å². The molecule has 1 aliphatic rings. The highest BCUT2D eigenvalue weighted by molar-refractivity contribution is 5.94. The molecular formula is C18H16F2N4O. The molecule has 0 radical (unpaired) electrons. The molecule has 4 rings (SSSR count). The van der Waals surface area contributed by atoms with Gasteiger partial charge >= 0.3 is 0 Å². The van der Waals surface area contributed by atoms with E-state index in [4.69, 9.17) is 0 Å². The molecule has 0 spiro atoms. The fourth-order valence-corrected chi connectivity index (χ4v) is 3.30. The van der Waals surface area contributed by atoms with E-state index in [1.807, 2.05) is 6.07 Å². The average Bonchev–Trinajstić information content (AvgIpc) is 3.08. The van der Waals surface area contributed by atoms with Crippen molar-refractivity contribution in [3.05, 3.63) is 59.6 Å². The van der Waals surface area contributed by atoms with Gasteiger partial charge in [0.25, 0.3) is 5.91 Å². The van der Waals surface area contributed by atoms with Crippen molar-refractivity contribution in [1.29, 1.82) is 0 Å². The molecule has 3 heterocycles. The van der Waals surface area contributed by atoms with Crippen molar-refractivity contribution in [2.24, 2.45) is 0 Å². The molecule has 1 aliphatic heterocycles. The summed E-state index contributed by atoms with van der Waals surface area (Å²) >= 11 is 0. The van der Waals surface area contributed by atoms with Crippen LogP contribution in [-0.4, -0.2) is 38.8 Å². The number of halogens is 2. The lowest BCUT2D eigenvalue weighted by Crippen LogP contribution is -2.38. The van der Waals surface area contributed by atoms with E-state index in [1.54, 1.807) is 17.3 Å². The maximum absolute atomic E-state index is 13.3. The van der Waals surface area contributed by atoms with E-state index in [1.165, 1.54) is 6.07 Å². The molecule has 1 amide bonds. The van der Waals surface area contributed by atoms with Crippen molar-refractivity contribution in [3.8, 4) is 0 Å². The lowest BCUT2D eigenvalue weighted by atomic mass is 9.93. The third-order valence-corrected chi connectivity index (χ3v) is 4.67. The van der Waals surface area contributed by atoms with Crippen LogP contribution in [-0.2, 0) is 0 Å². The van der Waals surface area contributed by atoms with Gasteiger partial charge in [-0.05, 0) is 37.1 Å². The van der Waals surface area contributed by atoms with Crippen LogP contribution in [0.25, 0.3) is 11.2 Å². The van der Waals surface area contributed by atoms with Crippen LogP contribution >= 0.6 is 0 Å². The number of carbonyl (C=O) groups is 1. The highest BCUT2D eigenvalue weighted by Crippen LogP contribution is 2.29. The number of likely N-dealkylation sites (tertiary alicyclic amines) is 1. The summed E-state index contributed by atoms with van der Waals surface area (Å²) in [5.41, 5.74) is 2.84. The van der Waals surface area contributed by atoms with Crippen LogP contribution in [0.3, 0.4) is 0 Å². The van der Waals surface area contributed by atoms with Crippen molar-refractivity contribution < 1.29 is 13.6 Å². The summed E-state index contributed by atoms with van der Waals surface area (Å²) in [4.78, 5) is 25.9. The second-order valence-electron chi connectivity index (χ2n) is 6.21. The first-order valence-electron chi connectivity index (χ1n) is 8.16. The van der Waals surface area contributed by atoms with Gasteiger partial charge in [-0.25, -0.2) is 13.8 Å². The number of benzene rings is 1. The van der Waals surface area contributed by atoms with Gasteiger partial charge in [0.05, 0.1) is 0 Å². The van der Waals surface area contributed by atoms with Gasteiger partial charge < -0.3 is 9.88 Å². The SMILES string of the molecule is O=C(c1ccc(F)c(F)c1)N1CCC(c2cc3nccnc3[nH]2)CC1. The molecule has 7 heteroatoms. The Morgan fingerprint density at radius 3 is 2.56 bits per heavy atom. The van der Waals surface area contributed by atoms with E-state index in [0.717, 1.165) is 41.8 Å². The molecule has 1 N–H and O–H groups in total. The van der Waals surface area contributed by atoms with Crippen molar-refractivity contribution in [2.45, 2.75) is 18.8 Å². The molecule has 2 aromatic heterocycles. The first-order valence-corrected chi connectivity index (χ1v) is 8.16. The fraction of sp³-hybridized carbons (Fsp3) is 0.278. The summed E-state index contributed by atoms with van der Waals surface area (Å²) in [6.07, 6.45) is 4.89. The molecule has 0 bridgehead atoms. The third kappa shape index (κ3) is 2.97. The highest BCUT2D eigenvalue weighted by atomic mass is 19.2. The Morgan fingerprint density at radius 1 is 1.08 bits per heavy atom. The number of nitrogens with zero attached hydrogens (tertiary/aromatic N) is 3. The van der Waals surface area contributed by atoms with Crippen LogP contribution in [0.4, 0.5) is 8.78 Å². The maximum atomic E-state index is 13.3. The first-order chi connectivity index (χ1) is 12.1. The zero-order valence-corrected chi connectivity index (χ0v) is 13.4.